The fourth-order valence-electron chi connectivity index (χ4n) is 3.48. The minimum atomic E-state index is -0.847. The van der Waals surface area contributed by atoms with Crippen molar-refractivity contribution in [2.24, 2.45) is 5.41 Å². The predicted molar refractivity (Wildman–Crippen MR) is 124 cm³/mol. The summed E-state index contributed by atoms with van der Waals surface area (Å²) in [6, 6.07) is -0.624. The largest absolute Gasteiger partial charge is 1.00 e. The third kappa shape index (κ3) is 17.6. The van der Waals surface area contributed by atoms with Crippen molar-refractivity contribution >= 4 is 18.6 Å². The zero-order chi connectivity index (χ0) is 20.7. The quantitative estimate of drug-likeness (QED) is 0.179. The number of carboxylic acid groups (broad SMARTS) is 1. The fraction of sp³-hybridized carbons (Fsp3) is 0.870. The van der Waals surface area contributed by atoms with Gasteiger partial charge in [0, 0.05) is 11.4 Å². The van der Waals surface area contributed by atoms with Crippen LogP contribution in [0.2, 0.25) is 0 Å². The number of unbranched alkanes of at least 4 members (excludes halogenated alkanes) is 10. The van der Waals surface area contributed by atoms with Gasteiger partial charge in [0.05, 0.1) is 0 Å². The van der Waals surface area contributed by atoms with Gasteiger partial charge in [-0.05, 0) is 31.3 Å². The third-order valence-electron chi connectivity index (χ3n) is 5.85. The van der Waals surface area contributed by atoms with E-state index in [0.717, 1.165) is 12.1 Å². The van der Waals surface area contributed by atoms with Crippen LogP contribution < -0.4 is 64.4 Å². The second-order valence-electron chi connectivity index (χ2n) is 8.64. The van der Waals surface area contributed by atoms with E-state index >= 15 is 0 Å². The normalized spacial score (nSPS) is 13.0. The van der Waals surface area contributed by atoms with Crippen LogP contribution >= 0.6 is 12.6 Å². The molecule has 164 valence electrons. The van der Waals surface area contributed by atoms with Crippen molar-refractivity contribution < 1.29 is 71.9 Å². The smallest absolute Gasteiger partial charge is 1.00 e. The van der Waals surface area contributed by atoms with Crippen molar-refractivity contribution in [1.82, 2.24) is 5.32 Å². The van der Waals surface area contributed by atoms with Crippen molar-refractivity contribution in [3.8, 4) is 0 Å². The maximum absolute atomic E-state index is 11.2. The molecule has 0 aromatic heterocycles. The summed E-state index contributed by atoms with van der Waals surface area (Å²) in [5, 5.41) is 12.3. The molecule has 0 bridgehead atoms. The van der Waals surface area contributed by atoms with Crippen LogP contribution in [-0.2, 0) is 4.79 Å². The Morgan fingerprint density at radius 3 is 1.72 bits per heavy atom. The first kappa shape index (κ1) is 35.0. The molecule has 1 atom stereocenters. The van der Waals surface area contributed by atoms with E-state index in [1.54, 1.807) is 0 Å². The Morgan fingerprint density at radius 1 is 0.931 bits per heavy atom. The molecule has 0 heterocycles. The molecule has 29 heavy (non-hydrogen) atoms. The molecule has 2 N–H and O–H groups in total. The van der Waals surface area contributed by atoms with Gasteiger partial charge in [-0.1, -0.05) is 91.4 Å². The van der Waals surface area contributed by atoms with Crippen molar-refractivity contribution in [2.75, 3.05) is 5.75 Å². The van der Waals surface area contributed by atoms with E-state index in [-0.39, 0.29) is 67.4 Å². The van der Waals surface area contributed by atoms with Crippen LogP contribution in [0.1, 0.15) is 115 Å². The summed E-state index contributed by atoms with van der Waals surface area (Å²) in [5.41, 5.74) is 2.32. The van der Waals surface area contributed by atoms with Gasteiger partial charge in [-0.25, -0.2) is 4.79 Å². The summed E-state index contributed by atoms with van der Waals surface area (Å²) in [7, 11) is 0. The number of hydrogen-bond acceptors (Lipinski definition) is 3. The molecule has 0 saturated heterocycles. The number of nitrogens with one attached hydrogen (secondary N) is 1. The van der Waals surface area contributed by atoms with E-state index in [1.807, 2.05) is 6.92 Å². The Kier molecular flexibility index (Phi) is 25.6. The van der Waals surface area contributed by atoms with E-state index < -0.39 is 12.0 Å². The van der Waals surface area contributed by atoms with Crippen LogP contribution in [-0.4, -0.2) is 22.9 Å². The first-order valence-corrected chi connectivity index (χ1v) is 11.7. The summed E-state index contributed by atoms with van der Waals surface area (Å²) in [6.45, 7) is 10.9. The van der Waals surface area contributed by atoms with Crippen LogP contribution in [0.15, 0.2) is 11.3 Å². The SMILES string of the molecule is CCCCCCCCCCCCCC(C)(C)/C(C)=C(\C)NC(CS)C(=O)O.[H-].[H-].[Na+].[Na+]. The number of rotatable bonds is 17. The first-order valence-electron chi connectivity index (χ1n) is 11.0. The molecule has 0 fully saturated rings. The molecule has 1 unspecified atom stereocenters. The van der Waals surface area contributed by atoms with Gasteiger partial charge in [0.1, 0.15) is 6.04 Å². The van der Waals surface area contributed by atoms with Crippen molar-refractivity contribution in [1.29, 1.82) is 0 Å². The van der Waals surface area contributed by atoms with Crippen LogP contribution in [0.4, 0.5) is 0 Å². The van der Waals surface area contributed by atoms with E-state index in [0.29, 0.717) is 5.75 Å². The van der Waals surface area contributed by atoms with Gasteiger partial charge in [0.2, 0.25) is 0 Å². The van der Waals surface area contributed by atoms with Gasteiger partial charge < -0.3 is 13.3 Å². The zero-order valence-electron chi connectivity index (χ0n) is 22.6. The molecule has 0 aliphatic carbocycles. The molecule has 0 aromatic carbocycles. The Morgan fingerprint density at radius 2 is 1.34 bits per heavy atom. The maximum atomic E-state index is 11.2. The van der Waals surface area contributed by atoms with Gasteiger partial charge >= 0.3 is 65.1 Å². The minimum absolute atomic E-state index is 0. The minimum Gasteiger partial charge on any atom is -1.00 e. The van der Waals surface area contributed by atoms with E-state index in [9.17, 15) is 9.90 Å². The average molecular weight is 448 g/mol. The third-order valence-corrected chi connectivity index (χ3v) is 6.22. The van der Waals surface area contributed by atoms with Crippen molar-refractivity contribution in [3.05, 3.63) is 11.3 Å². The number of thiol groups is 1. The van der Waals surface area contributed by atoms with Crippen LogP contribution in [0.25, 0.3) is 0 Å². The molecule has 0 spiro atoms. The molecule has 3 nitrogen and oxygen atoms in total. The second kappa shape index (κ2) is 21.2. The summed E-state index contributed by atoms with van der Waals surface area (Å²) in [5.74, 6) is -0.556. The van der Waals surface area contributed by atoms with Gasteiger partial charge in [-0.3, -0.25) is 0 Å². The number of allylic oxidation sites excluding steroid dienone is 2. The summed E-state index contributed by atoms with van der Waals surface area (Å²) in [4.78, 5) is 11.2. The standard InChI is InChI=1S/C23H45NO2S.2Na.2H/c1-6-7-8-9-10-11-12-13-14-15-16-17-23(4,5)19(2)20(3)24-21(18-27)22(25)26;;;;/h21,24,27H,6-18H2,1-5H3,(H,25,26);;;;/q;2*+1;2*-1/b20-19+;;;;. The Labute approximate surface area is 234 Å². The predicted octanol–water partition coefficient (Wildman–Crippen LogP) is 1.21. The average Bonchev–Trinajstić information content (AvgIpc) is 2.62. The van der Waals surface area contributed by atoms with Gasteiger partial charge in [0.15, 0.2) is 0 Å². The molecule has 0 aliphatic rings. The first-order chi connectivity index (χ1) is 12.8. The number of aliphatic carboxylic acids is 1. The second-order valence-corrected chi connectivity index (χ2v) is 9.00. The Bertz CT molecular complexity index is 453. The molecule has 0 radical (unpaired) electrons. The molecular formula is C23H47NNa2O2S. The van der Waals surface area contributed by atoms with E-state index in [4.69, 9.17) is 0 Å². The molecule has 0 rings (SSSR count). The Hall–Kier alpha value is 1.36. The van der Waals surface area contributed by atoms with Gasteiger partial charge in [-0.2, -0.15) is 12.6 Å². The van der Waals surface area contributed by atoms with Gasteiger partial charge in [0.25, 0.3) is 0 Å². The van der Waals surface area contributed by atoms with E-state index in [1.165, 1.54) is 76.2 Å². The molecular weight excluding hydrogens is 400 g/mol. The number of carbonyl (C=O) groups is 1. The summed E-state index contributed by atoms with van der Waals surface area (Å²) < 4.78 is 0. The van der Waals surface area contributed by atoms with Crippen molar-refractivity contribution in [2.45, 2.75) is 118 Å². The molecule has 0 aliphatic heterocycles. The summed E-state index contributed by atoms with van der Waals surface area (Å²) in [6.07, 6.45) is 16.1. The topological polar surface area (TPSA) is 49.3 Å². The Balaban J connectivity index is -0.000000563. The zero-order valence-corrected chi connectivity index (χ0v) is 25.5. The van der Waals surface area contributed by atoms with Crippen LogP contribution in [0.3, 0.4) is 0 Å². The van der Waals surface area contributed by atoms with Crippen LogP contribution in [0.5, 0.6) is 0 Å². The molecule has 0 amide bonds. The van der Waals surface area contributed by atoms with Crippen molar-refractivity contribution in [3.63, 3.8) is 0 Å². The fourth-order valence-corrected chi connectivity index (χ4v) is 3.73. The summed E-state index contributed by atoms with van der Waals surface area (Å²) >= 11 is 4.13. The van der Waals surface area contributed by atoms with Gasteiger partial charge in [-0.15, -0.1) is 0 Å². The number of carboxylic acids is 1. The molecule has 0 saturated carbocycles. The maximum Gasteiger partial charge on any atom is 1.00 e. The van der Waals surface area contributed by atoms with E-state index in [2.05, 4.69) is 45.6 Å². The van der Waals surface area contributed by atoms with Crippen LogP contribution in [0, 0.1) is 5.41 Å². The molecule has 0 aromatic rings. The monoisotopic (exact) mass is 447 g/mol. The number of hydrogen-bond donors (Lipinski definition) is 3. The molecule has 6 heteroatoms.